The van der Waals surface area contributed by atoms with Crippen molar-refractivity contribution < 1.29 is 24.1 Å². The summed E-state index contributed by atoms with van der Waals surface area (Å²) in [5.74, 6) is 2.26. The van der Waals surface area contributed by atoms with E-state index < -0.39 is 6.29 Å². The molecule has 1 fully saturated rings. The van der Waals surface area contributed by atoms with Gasteiger partial charge in [-0.1, -0.05) is 97.9 Å². The van der Waals surface area contributed by atoms with Crippen molar-refractivity contribution in [2.24, 2.45) is 5.92 Å². The number of thioether (sulfide) groups is 1. The Morgan fingerprint density at radius 1 is 0.755 bits per heavy atom. The van der Waals surface area contributed by atoms with Crippen molar-refractivity contribution in [3.05, 3.63) is 174 Å². The number of hydrogen-bond donors (Lipinski definition) is 3. The number of carbonyl (C=O) groups is 1. The van der Waals surface area contributed by atoms with Crippen LogP contribution in [-0.2, 0) is 22.6 Å². The van der Waals surface area contributed by atoms with Crippen LogP contribution in [-0.4, -0.2) is 28.0 Å². The summed E-state index contributed by atoms with van der Waals surface area (Å²) in [6.45, 7) is 2.53. The van der Waals surface area contributed by atoms with Gasteiger partial charge in [-0.15, -0.1) is 11.8 Å². The van der Waals surface area contributed by atoms with Crippen molar-refractivity contribution in [3.8, 4) is 22.6 Å². The number of amides is 2. The van der Waals surface area contributed by atoms with Crippen molar-refractivity contribution in [2.45, 2.75) is 43.6 Å². The van der Waals surface area contributed by atoms with Gasteiger partial charge >= 0.3 is 6.03 Å². The number of aliphatic hydroxyl groups excluding tert-OH is 1. The van der Waals surface area contributed by atoms with E-state index in [1.54, 1.807) is 18.0 Å². The highest BCUT2D eigenvalue weighted by Gasteiger charge is 2.38. The second kappa shape index (κ2) is 17.4. The fourth-order valence-electron chi connectivity index (χ4n) is 6.19. The molecule has 1 aliphatic rings. The quantitative estimate of drug-likeness (QED) is 0.108. The highest BCUT2D eigenvalue weighted by Crippen LogP contribution is 2.43. The second-order valence-electron chi connectivity index (χ2n) is 12.9. The molecule has 1 aliphatic heterocycles. The molecule has 0 bridgehead atoms. The van der Waals surface area contributed by atoms with E-state index in [-0.39, 0.29) is 30.8 Å². The van der Waals surface area contributed by atoms with Gasteiger partial charge < -0.3 is 30.0 Å². The number of nitrogens with one attached hydrogen (secondary N) is 2. The second-order valence-corrected chi connectivity index (χ2v) is 13.9. The van der Waals surface area contributed by atoms with E-state index in [0.29, 0.717) is 18.0 Å². The first kappa shape index (κ1) is 35.9. The molecule has 8 nitrogen and oxygen atoms in total. The summed E-state index contributed by atoms with van der Waals surface area (Å²) in [6.07, 6.45) is 0.973. The lowest BCUT2D eigenvalue weighted by Crippen LogP contribution is -2.38. The number of anilines is 1. The number of hydrogen-bond acceptors (Lipinski definition) is 7. The van der Waals surface area contributed by atoms with Crippen LogP contribution < -0.4 is 15.4 Å². The molecule has 0 aliphatic carbocycles. The smallest absolute Gasteiger partial charge is 0.319 e. The molecule has 3 N–H and O–H groups in total. The summed E-state index contributed by atoms with van der Waals surface area (Å²) in [5.41, 5.74) is 6.57. The highest BCUT2D eigenvalue weighted by atomic mass is 32.2. The van der Waals surface area contributed by atoms with Gasteiger partial charge in [-0.25, -0.2) is 9.78 Å². The number of nitrogens with zero attached hydrogens (tertiary/aromatic N) is 1. The summed E-state index contributed by atoms with van der Waals surface area (Å²) >= 11 is 1.68. The first-order chi connectivity index (χ1) is 26.0. The molecule has 5 aromatic carbocycles. The van der Waals surface area contributed by atoms with Crippen LogP contribution in [0.3, 0.4) is 0 Å². The van der Waals surface area contributed by atoms with E-state index in [9.17, 15) is 9.90 Å². The molecule has 0 saturated carbocycles. The minimum atomic E-state index is -0.557. The van der Waals surface area contributed by atoms with Crippen LogP contribution in [0.5, 0.6) is 11.5 Å². The molecule has 6 aromatic rings. The zero-order valence-electron chi connectivity index (χ0n) is 29.3. The van der Waals surface area contributed by atoms with Crippen LogP contribution in [0.1, 0.15) is 41.6 Å². The van der Waals surface area contributed by atoms with Gasteiger partial charge in [0.1, 0.15) is 11.5 Å². The zero-order valence-corrected chi connectivity index (χ0v) is 30.1. The number of ether oxygens (including phenoxy) is 3. The van der Waals surface area contributed by atoms with Crippen LogP contribution in [0.25, 0.3) is 11.1 Å². The number of rotatable bonds is 12. The van der Waals surface area contributed by atoms with E-state index in [1.807, 2.05) is 109 Å². The van der Waals surface area contributed by atoms with Crippen molar-refractivity contribution in [1.29, 1.82) is 0 Å². The number of benzene rings is 5. The van der Waals surface area contributed by atoms with Gasteiger partial charge in [0.25, 0.3) is 0 Å². The Morgan fingerprint density at radius 3 is 2.23 bits per heavy atom. The van der Waals surface area contributed by atoms with Crippen LogP contribution in [0.2, 0.25) is 0 Å². The van der Waals surface area contributed by atoms with Crippen LogP contribution in [0, 0.1) is 5.92 Å². The third kappa shape index (κ3) is 9.51. The molecule has 4 atom stereocenters. The molecule has 7 rings (SSSR count). The molecule has 0 radical (unpaired) electrons. The number of urea groups is 1. The van der Waals surface area contributed by atoms with Crippen molar-refractivity contribution >= 4 is 23.5 Å². The molecule has 9 heteroatoms. The summed E-state index contributed by atoms with van der Waals surface area (Å²) in [5, 5.41) is 16.4. The maximum atomic E-state index is 12.7. The first-order valence-electron chi connectivity index (χ1n) is 17.6. The topological polar surface area (TPSA) is 102 Å². The Labute approximate surface area is 314 Å². The first-order valence-corrected chi connectivity index (χ1v) is 18.6. The Bertz CT molecular complexity index is 2060. The number of para-hydroxylation sites is 1. The molecule has 1 saturated heterocycles. The largest absolute Gasteiger partial charge is 0.457 e. The van der Waals surface area contributed by atoms with Crippen LogP contribution in [0.4, 0.5) is 10.5 Å². The Balaban J connectivity index is 0.983. The van der Waals surface area contributed by atoms with Crippen molar-refractivity contribution in [2.75, 3.05) is 11.1 Å². The van der Waals surface area contributed by atoms with Gasteiger partial charge in [-0.05, 0) is 82.4 Å². The summed E-state index contributed by atoms with van der Waals surface area (Å²) in [7, 11) is 0. The van der Waals surface area contributed by atoms with Crippen molar-refractivity contribution in [1.82, 2.24) is 10.3 Å². The van der Waals surface area contributed by atoms with Gasteiger partial charge in [-0.2, -0.15) is 0 Å². The van der Waals surface area contributed by atoms with Gasteiger partial charge in [-0.3, -0.25) is 0 Å². The highest BCUT2D eigenvalue weighted by molar-refractivity contribution is 7.99. The number of aromatic nitrogens is 1. The van der Waals surface area contributed by atoms with Crippen LogP contribution in [0.15, 0.2) is 157 Å². The molecule has 4 unspecified atom stereocenters. The maximum absolute atomic E-state index is 12.7. The summed E-state index contributed by atoms with van der Waals surface area (Å²) in [4.78, 5) is 17.2. The lowest BCUT2D eigenvalue weighted by atomic mass is 9.91. The fraction of sp³-hybridized carbons (Fsp3) is 0.182. The van der Waals surface area contributed by atoms with Crippen LogP contribution >= 0.6 is 11.8 Å². The molecule has 2 amide bonds. The zero-order chi connectivity index (χ0) is 36.4. The predicted molar refractivity (Wildman–Crippen MR) is 209 cm³/mol. The van der Waals surface area contributed by atoms with Gasteiger partial charge in [0, 0.05) is 35.7 Å². The molecule has 268 valence electrons. The average Bonchev–Trinajstić information content (AvgIpc) is 3.21. The van der Waals surface area contributed by atoms with E-state index in [1.165, 1.54) is 0 Å². The third-order valence-electron chi connectivity index (χ3n) is 9.14. The lowest BCUT2D eigenvalue weighted by Gasteiger charge is -2.41. The Hall–Kier alpha value is -5.45. The predicted octanol–water partition coefficient (Wildman–Crippen LogP) is 9.94. The SMILES string of the molecule is CC1C(CSc2ccccn2)OC(c2ccc(-c3cccc(CNC(=O)Nc4ccc(Oc5ccccc5)cc4)c3)cc2)OC1c1ccc(CO)cc1. The Kier molecular flexibility index (Phi) is 11.8. The average molecular weight is 724 g/mol. The normalized spacial score (nSPS) is 18.2. The van der Waals surface area contributed by atoms with Gasteiger partial charge in [0.15, 0.2) is 6.29 Å². The van der Waals surface area contributed by atoms with Gasteiger partial charge in [0.2, 0.25) is 0 Å². The molecular weight excluding hydrogens is 683 g/mol. The van der Waals surface area contributed by atoms with E-state index in [2.05, 4.69) is 58.9 Å². The molecule has 1 aromatic heterocycles. The molecule has 0 spiro atoms. The lowest BCUT2D eigenvalue weighted by molar-refractivity contribution is -0.268. The number of carbonyl (C=O) groups excluding carboxylic acids is 1. The van der Waals surface area contributed by atoms with E-state index in [0.717, 1.165) is 49.9 Å². The van der Waals surface area contributed by atoms with Gasteiger partial charge in [0.05, 0.1) is 23.8 Å². The summed E-state index contributed by atoms with van der Waals surface area (Å²) in [6, 6.07) is 46.8. The number of aliphatic hydroxyl groups is 1. The molecular formula is C44H41N3O5S. The molecule has 53 heavy (non-hydrogen) atoms. The standard InChI is InChI=1S/C44H41N3O5S/c1-30-40(29-53-41-12-5-6-25-45-41)51-43(52-42(30)34-15-13-31(28-48)14-16-34)35-19-17-33(18-20-35)36-9-7-8-32(26-36)27-46-44(49)47-37-21-23-39(24-22-37)50-38-10-3-2-4-11-38/h2-26,30,40,42-43,48H,27-29H2,1H3,(H2,46,47,49). The maximum Gasteiger partial charge on any atom is 0.319 e. The minimum Gasteiger partial charge on any atom is -0.457 e. The van der Waals surface area contributed by atoms with Crippen molar-refractivity contribution in [3.63, 3.8) is 0 Å². The number of pyridine rings is 1. The Morgan fingerprint density at radius 2 is 1.49 bits per heavy atom. The third-order valence-corrected chi connectivity index (χ3v) is 10.2. The fourth-order valence-corrected chi connectivity index (χ4v) is 7.22. The molecule has 2 heterocycles. The monoisotopic (exact) mass is 723 g/mol. The van der Waals surface area contributed by atoms with E-state index in [4.69, 9.17) is 14.2 Å². The minimum absolute atomic E-state index is 0.000850. The summed E-state index contributed by atoms with van der Waals surface area (Å²) < 4.78 is 19.1. The van der Waals surface area contributed by atoms with E-state index >= 15 is 0 Å².